The quantitative estimate of drug-likeness (QED) is 0.702. The third-order valence-electron chi connectivity index (χ3n) is 2.93. The summed E-state index contributed by atoms with van der Waals surface area (Å²) in [5, 5.41) is 3.32. The molecule has 0 radical (unpaired) electrons. The first-order chi connectivity index (χ1) is 11.1. The van der Waals surface area contributed by atoms with E-state index in [1.54, 1.807) is 42.7 Å². The molecule has 23 heavy (non-hydrogen) atoms. The molecule has 0 aliphatic carbocycles. The third kappa shape index (κ3) is 6.88. The number of benzene rings is 1. The first kappa shape index (κ1) is 17.6. The zero-order chi connectivity index (χ0) is 16.5. The summed E-state index contributed by atoms with van der Waals surface area (Å²) >= 11 is 5.78. The maximum absolute atomic E-state index is 11.8. The summed E-state index contributed by atoms with van der Waals surface area (Å²) in [6.45, 7) is 0.754. The molecule has 1 amide bonds. The molecule has 2 aromatic rings. The summed E-state index contributed by atoms with van der Waals surface area (Å²) in [6.07, 6.45) is 2.15. The fourth-order valence-corrected chi connectivity index (χ4v) is 2.91. The van der Waals surface area contributed by atoms with Gasteiger partial charge in [0.05, 0.1) is 19.4 Å². The van der Waals surface area contributed by atoms with E-state index in [1.807, 2.05) is 0 Å². The van der Waals surface area contributed by atoms with Crippen LogP contribution in [0.15, 0.2) is 47.1 Å². The molecule has 2 rings (SSSR count). The number of hydrogen-bond acceptors (Lipinski definition) is 4. The normalized spacial score (nSPS) is 11.9. The SMILES string of the molecule is O=C(C[S@@](=O)CCCOc1ccc(Cl)cc1)NCc1ccco1. The molecule has 0 aliphatic heterocycles. The van der Waals surface area contributed by atoms with Crippen LogP contribution in [-0.4, -0.2) is 28.2 Å². The Morgan fingerprint density at radius 2 is 2.04 bits per heavy atom. The molecule has 0 unspecified atom stereocenters. The molecule has 0 saturated heterocycles. The lowest BCUT2D eigenvalue weighted by atomic mass is 10.3. The van der Waals surface area contributed by atoms with E-state index in [-0.39, 0.29) is 11.7 Å². The van der Waals surface area contributed by atoms with E-state index in [2.05, 4.69) is 5.32 Å². The molecule has 1 aromatic carbocycles. The lowest BCUT2D eigenvalue weighted by molar-refractivity contribution is -0.118. The van der Waals surface area contributed by atoms with E-state index in [4.69, 9.17) is 20.8 Å². The molecule has 124 valence electrons. The van der Waals surface area contributed by atoms with Gasteiger partial charge in [0, 0.05) is 21.6 Å². The van der Waals surface area contributed by atoms with Crippen LogP contribution in [0.1, 0.15) is 12.2 Å². The molecular weight excluding hydrogens is 338 g/mol. The summed E-state index contributed by atoms with van der Waals surface area (Å²) in [5.41, 5.74) is 0. The highest BCUT2D eigenvalue weighted by atomic mass is 35.5. The Morgan fingerprint density at radius 1 is 1.26 bits per heavy atom. The first-order valence-electron chi connectivity index (χ1n) is 7.16. The Bertz CT molecular complexity index is 628. The van der Waals surface area contributed by atoms with E-state index in [9.17, 15) is 9.00 Å². The fourth-order valence-electron chi connectivity index (χ4n) is 1.81. The summed E-state index contributed by atoms with van der Waals surface area (Å²) < 4.78 is 22.4. The van der Waals surface area contributed by atoms with Gasteiger partial charge in [-0.3, -0.25) is 9.00 Å². The smallest absolute Gasteiger partial charge is 0.232 e. The largest absolute Gasteiger partial charge is 0.494 e. The third-order valence-corrected chi connectivity index (χ3v) is 4.51. The maximum atomic E-state index is 11.8. The lowest BCUT2D eigenvalue weighted by Gasteiger charge is -2.06. The van der Waals surface area contributed by atoms with Gasteiger partial charge in [-0.2, -0.15) is 0 Å². The minimum atomic E-state index is -1.20. The molecular formula is C16H18ClNO4S. The highest BCUT2D eigenvalue weighted by molar-refractivity contribution is 7.85. The maximum Gasteiger partial charge on any atom is 0.232 e. The zero-order valence-corrected chi connectivity index (χ0v) is 14.1. The van der Waals surface area contributed by atoms with Crippen molar-refractivity contribution >= 4 is 28.3 Å². The highest BCUT2D eigenvalue weighted by Crippen LogP contribution is 2.15. The van der Waals surface area contributed by atoms with E-state index in [0.29, 0.717) is 36.1 Å². The number of carbonyl (C=O) groups excluding carboxylic acids is 1. The predicted octanol–water partition coefficient (Wildman–Crippen LogP) is 2.77. The second kappa shape index (κ2) is 9.37. The van der Waals surface area contributed by atoms with Crippen molar-refractivity contribution in [3.63, 3.8) is 0 Å². The number of hydrogen-bond donors (Lipinski definition) is 1. The topological polar surface area (TPSA) is 68.5 Å². The van der Waals surface area contributed by atoms with Gasteiger partial charge < -0.3 is 14.5 Å². The van der Waals surface area contributed by atoms with Crippen LogP contribution in [0.25, 0.3) is 0 Å². The minimum Gasteiger partial charge on any atom is -0.494 e. The number of nitrogens with one attached hydrogen (secondary N) is 1. The number of carbonyl (C=O) groups is 1. The summed E-state index contributed by atoms with van der Waals surface area (Å²) in [7, 11) is -1.20. The van der Waals surface area contributed by atoms with Crippen molar-refractivity contribution in [1.82, 2.24) is 5.32 Å². The van der Waals surface area contributed by atoms with Gasteiger partial charge in [0.25, 0.3) is 0 Å². The Kier molecular flexibility index (Phi) is 7.16. The van der Waals surface area contributed by atoms with Gasteiger partial charge in [-0.1, -0.05) is 11.6 Å². The monoisotopic (exact) mass is 355 g/mol. The van der Waals surface area contributed by atoms with Crippen molar-refractivity contribution in [2.45, 2.75) is 13.0 Å². The number of rotatable bonds is 9. The van der Waals surface area contributed by atoms with Crippen molar-refractivity contribution in [1.29, 1.82) is 0 Å². The number of ether oxygens (including phenoxy) is 1. The van der Waals surface area contributed by atoms with Gasteiger partial charge in [0.2, 0.25) is 5.91 Å². The van der Waals surface area contributed by atoms with Crippen molar-refractivity contribution in [2.75, 3.05) is 18.1 Å². The number of amides is 1. The van der Waals surface area contributed by atoms with Gasteiger partial charge in [-0.15, -0.1) is 0 Å². The molecule has 0 saturated carbocycles. The van der Waals surface area contributed by atoms with Gasteiger partial charge in [0.1, 0.15) is 17.3 Å². The van der Waals surface area contributed by atoms with E-state index in [1.165, 1.54) is 0 Å². The standard InChI is InChI=1S/C16H18ClNO4S/c17-13-4-6-14(7-5-13)21-9-2-10-23(20)12-16(19)18-11-15-3-1-8-22-15/h1,3-8H,2,9-12H2,(H,18,19)/t23-/m0/s1. The fraction of sp³-hybridized carbons (Fsp3) is 0.312. The Labute approximate surface area is 142 Å². The molecule has 0 aliphatic rings. The molecule has 7 heteroatoms. The van der Waals surface area contributed by atoms with Gasteiger partial charge in [0.15, 0.2) is 0 Å². The highest BCUT2D eigenvalue weighted by Gasteiger charge is 2.08. The van der Waals surface area contributed by atoms with E-state index in [0.717, 1.165) is 5.75 Å². The average Bonchev–Trinajstić information content (AvgIpc) is 3.05. The van der Waals surface area contributed by atoms with Crippen LogP contribution in [-0.2, 0) is 22.1 Å². The van der Waals surface area contributed by atoms with Gasteiger partial charge in [-0.25, -0.2) is 0 Å². The van der Waals surface area contributed by atoms with Crippen LogP contribution < -0.4 is 10.1 Å². The van der Waals surface area contributed by atoms with Crippen LogP contribution in [0.2, 0.25) is 5.02 Å². The van der Waals surface area contributed by atoms with Crippen LogP contribution in [0.5, 0.6) is 5.75 Å². The van der Waals surface area contributed by atoms with Crippen LogP contribution in [0, 0.1) is 0 Å². The molecule has 5 nitrogen and oxygen atoms in total. The molecule has 1 N–H and O–H groups in total. The zero-order valence-electron chi connectivity index (χ0n) is 12.5. The summed E-state index contributed by atoms with van der Waals surface area (Å²) in [5.74, 6) is 1.54. The summed E-state index contributed by atoms with van der Waals surface area (Å²) in [6, 6.07) is 10.6. The Hall–Kier alpha value is -1.79. The van der Waals surface area contributed by atoms with Crippen molar-refractivity contribution in [2.24, 2.45) is 0 Å². The van der Waals surface area contributed by atoms with Gasteiger partial charge >= 0.3 is 0 Å². The minimum absolute atomic E-state index is 0.0122. The van der Waals surface area contributed by atoms with Crippen LogP contribution in [0.4, 0.5) is 0 Å². The molecule has 1 atom stereocenters. The Morgan fingerprint density at radius 3 is 2.74 bits per heavy atom. The molecule has 0 spiro atoms. The van der Waals surface area contributed by atoms with Gasteiger partial charge in [-0.05, 0) is 42.8 Å². The molecule has 0 fully saturated rings. The van der Waals surface area contributed by atoms with Crippen molar-refractivity contribution in [3.8, 4) is 5.75 Å². The van der Waals surface area contributed by atoms with E-state index >= 15 is 0 Å². The van der Waals surface area contributed by atoms with Crippen molar-refractivity contribution < 1.29 is 18.2 Å². The average molecular weight is 356 g/mol. The van der Waals surface area contributed by atoms with E-state index < -0.39 is 10.8 Å². The molecule has 1 heterocycles. The van der Waals surface area contributed by atoms with Crippen LogP contribution >= 0.6 is 11.6 Å². The molecule has 0 bridgehead atoms. The first-order valence-corrected chi connectivity index (χ1v) is 9.02. The molecule has 1 aromatic heterocycles. The van der Waals surface area contributed by atoms with Crippen molar-refractivity contribution in [3.05, 3.63) is 53.4 Å². The Balaban J connectivity index is 1.57. The summed E-state index contributed by atoms with van der Waals surface area (Å²) in [4.78, 5) is 11.6. The van der Waals surface area contributed by atoms with Crippen LogP contribution in [0.3, 0.4) is 0 Å². The second-order valence-electron chi connectivity index (χ2n) is 4.80. The second-order valence-corrected chi connectivity index (χ2v) is 6.81. The predicted molar refractivity (Wildman–Crippen MR) is 90.0 cm³/mol. The lowest BCUT2D eigenvalue weighted by Crippen LogP contribution is -2.28. The number of halogens is 1. The number of furan rings is 1.